The third-order valence-electron chi connectivity index (χ3n) is 3.16. The van der Waals surface area contributed by atoms with Crippen molar-refractivity contribution in [1.29, 1.82) is 0 Å². The lowest BCUT2D eigenvalue weighted by Crippen LogP contribution is -2.23. The highest BCUT2D eigenvalue weighted by Crippen LogP contribution is 2.34. The normalized spacial score (nSPS) is 10.7. The number of nitrogen functional groups attached to an aromatic ring is 1. The van der Waals surface area contributed by atoms with Gasteiger partial charge in [-0.2, -0.15) is 0 Å². The standard InChI is InChI=1S/C15H14N4OS/c1-9-2-3-11-12(6-9)21-14(13(11)16)15(20)18-7-10-4-5-17-8-19-10/h2-6,8H,7,16H2,1H3,(H,18,20). The lowest BCUT2D eigenvalue weighted by molar-refractivity contribution is 0.0955. The van der Waals surface area contributed by atoms with E-state index in [1.807, 2.05) is 25.1 Å². The van der Waals surface area contributed by atoms with Crippen LogP contribution in [0.25, 0.3) is 10.1 Å². The van der Waals surface area contributed by atoms with Gasteiger partial charge in [0.1, 0.15) is 11.2 Å². The van der Waals surface area contributed by atoms with Crippen molar-refractivity contribution < 1.29 is 4.79 Å². The Kier molecular flexibility index (Phi) is 3.53. The van der Waals surface area contributed by atoms with E-state index in [1.54, 1.807) is 12.3 Å². The van der Waals surface area contributed by atoms with Crippen molar-refractivity contribution in [2.75, 3.05) is 5.73 Å². The predicted molar refractivity (Wildman–Crippen MR) is 84.2 cm³/mol. The minimum absolute atomic E-state index is 0.176. The van der Waals surface area contributed by atoms with Crippen LogP contribution in [0.3, 0.4) is 0 Å². The fourth-order valence-corrected chi connectivity index (χ4v) is 3.20. The molecule has 0 fully saturated rings. The number of anilines is 1. The van der Waals surface area contributed by atoms with E-state index < -0.39 is 0 Å². The van der Waals surface area contributed by atoms with Gasteiger partial charge in [0.05, 0.1) is 17.9 Å². The molecule has 3 aromatic rings. The second-order valence-electron chi connectivity index (χ2n) is 4.73. The summed E-state index contributed by atoms with van der Waals surface area (Å²) in [6.07, 6.45) is 3.10. The van der Waals surface area contributed by atoms with Crippen molar-refractivity contribution in [3.05, 3.63) is 52.9 Å². The van der Waals surface area contributed by atoms with Crippen LogP contribution in [-0.2, 0) is 6.54 Å². The molecule has 0 aliphatic carbocycles. The monoisotopic (exact) mass is 298 g/mol. The molecular weight excluding hydrogens is 284 g/mol. The van der Waals surface area contributed by atoms with Crippen molar-refractivity contribution in [3.63, 3.8) is 0 Å². The lowest BCUT2D eigenvalue weighted by Gasteiger charge is -2.03. The zero-order valence-electron chi connectivity index (χ0n) is 11.5. The molecule has 5 nitrogen and oxygen atoms in total. The zero-order chi connectivity index (χ0) is 14.8. The molecule has 0 saturated carbocycles. The number of aromatic nitrogens is 2. The molecule has 21 heavy (non-hydrogen) atoms. The van der Waals surface area contributed by atoms with E-state index in [0.29, 0.717) is 17.1 Å². The number of nitrogens with zero attached hydrogens (tertiary/aromatic N) is 2. The van der Waals surface area contributed by atoms with Gasteiger partial charge in [0, 0.05) is 16.3 Å². The molecule has 3 N–H and O–H groups in total. The van der Waals surface area contributed by atoms with Gasteiger partial charge in [-0.25, -0.2) is 9.97 Å². The van der Waals surface area contributed by atoms with E-state index in [2.05, 4.69) is 15.3 Å². The smallest absolute Gasteiger partial charge is 0.263 e. The number of hydrogen-bond donors (Lipinski definition) is 2. The molecule has 0 atom stereocenters. The van der Waals surface area contributed by atoms with Crippen molar-refractivity contribution >= 4 is 33.0 Å². The minimum atomic E-state index is -0.176. The first-order valence-corrected chi connectivity index (χ1v) is 7.28. The summed E-state index contributed by atoms with van der Waals surface area (Å²) in [5, 5.41) is 3.76. The van der Waals surface area contributed by atoms with Crippen LogP contribution >= 0.6 is 11.3 Å². The van der Waals surface area contributed by atoms with Gasteiger partial charge in [-0.1, -0.05) is 12.1 Å². The summed E-state index contributed by atoms with van der Waals surface area (Å²) >= 11 is 1.41. The van der Waals surface area contributed by atoms with Gasteiger partial charge in [-0.05, 0) is 24.6 Å². The molecule has 2 aromatic heterocycles. The Morgan fingerprint density at radius 2 is 2.24 bits per heavy atom. The van der Waals surface area contributed by atoms with E-state index in [0.717, 1.165) is 21.3 Å². The Bertz CT molecular complexity index is 798. The second kappa shape index (κ2) is 5.49. The molecule has 0 bridgehead atoms. The average molecular weight is 298 g/mol. The molecule has 0 radical (unpaired) electrons. The van der Waals surface area contributed by atoms with Crippen molar-refractivity contribution in [2.24, 2.45) is 0 Å². The average Bonchev–Trinajstić information content (AvgIpc) is 2.82. The van der Waals surface area contributed by atoms with Crippen LogP contribution in [0, 0.1) is 6.92 Å². The SMILES string of the molecule is Cc1ccc2c(N)c(C(=O)NCc3ccncn3)sc2c1. The Balaban J connectivity index is 1.83. The quantitative estimate of drug-likeness (QED) is 0.778. The molecule has 1 aromatic carbocycles. The summed E-state index contributed by atoms with van der Waals surface area (Å²) in [6, 6.07) is 7.75. The number of rotatable bonds is 3. The van der Waals surface area contributed by atoms with E-state index in [-0.39, 0.29) is 5.91 Å². The summed E-state index contributed by atoms with van der Waals surface area (Å²) in [5.41, 5.74) is 8.53. The maximum absolute atomic E-state index is 12.3. The van der Waals surface area contributed by atoms with Gasteiger partial charge in [0.15, 0.2) is 0 Å². The third-order valence-corrected chi connectivity index (χ3v) is 4.33. The van der Waals surface area contributed by atoms with Gasteiger partial charge >= 0.3 is 0 Å². The zero-order valence-corrected chi connectivity index (χ0v) is 12.3. The molecule has 0 saturated heterocycles. The van der Waals surface area contributed by atoms with Crippen LogP contribution in [0.5, 0.6) is 0 Å². The van der Waals surface area contributed by atoms with E-state index >= 15 is 0 Å². The number of nitrogens with two attached hydrogens (primary N) is 1. The van der Waals surface area contributed by atoms with Gasteiger partial charge < -0.3 is 11.1 Å². The van der Waals surface area contributed by atoms with E-state index in [1.165, 1.54) is 17.7 Å². The molecule has 0 aliphatic rings. The van der Waals surface area contributed by atoms with Gasteiger partial charge in [0.25, 0.3) is 5.91 Å². The van der Waals surface area contributed by atoms with E-state index in [9.17, 15) is 4.79 Å². The first kappa shape index (κ1) is 13.5. The largest absolute Gasteiger partial charge is 0.397 e. The van der Waals surface area contributed by atoms with Gasteiger partial charge in [0.2, 0.25) is 0 Å². The van der Waals surface area contributed by atoms with Crippen molar-refractivity contribution in [2.45, 2.75) is 13.5 Å². The Morgan fingerprint density at radius 3 is 3.00 bits per heavy atom. The molecule has 0 aliphatic heterocycles. The third kappa shape index (κ3) is 2.71. The van der Waals surface area contributed by atoms with Gasteiger partial charge in [-0.3, -0.25) is 4.79 Å². The number of thiophene rings is 1. The molecular formula is C15H14N4OS. The first-order chi connectivity index (χ1) is 10.1. The maximum Gasteiger partial charge on any atom is 0.263 e. The van der Waals surface area contributed by atoms with Crippen LogP contribution < -0.4 is 11.1 Å². The molecule has 106 valence electrons. The minimum Gasteiger partial charge on any atom is -0.397 e. The summed E-state index contributed by atoms with van der Waals surface area (Å²) in [7, 11) is 0. The molecule has 6 heteroatoms. The summed E-state index contributed by atoms with van der Waals surface area (Å²) in [6.45, 7) is 2.37. The highest BCUT2D eigenvalue weighted by Gasteiger charge is 2.16. The van der Waals surface area contributed by atoms with Crippen LogP contribution in [0.4, 0.5) is 5.69 Å². The number of amides is 1. The highest BCUT2D eigenvalue weighted by molar-refractivity contribution is 7.21. The Hall–Kier alpha value is -2.47. The van der Waals surface area contributed by atoms with Crippen LogP contribution in [0.1, 0.15) is 20.9 Å². The topological polar surface area (TPSA) is 80.9 Å². The maximum atomic E-state index is 12.3. The fraction of sp³-hybridized carbons (Fsp3) is 0.133. The van der Waals surface area contributed by atoms with Crippen LogP contribution in [0.15, 0.2) is 36.8 Å². The van der Waals surface area contributed by atoms with E-state index in [4.69, 9.17) is 5.73 Å². The number of aryl methyl sites for hydroxylation is 1. The van der Waals surface area contributed by atoms with Crippen LogP contribution in [0.2, 0.25) is 0 Å². The first-order valence-electron chi connectivity index (χ1n) is 6.47. The number of carbonyl (C=O) groups excluding carboxylic acids is 1. The van der Waals surface area contributed by atoms with Crippen LogP contribution in [-0.4, -0.2) is 15.9 Å². The number of carbonyl (C=O) groups is 1. The number of nitrogens with one attached hydrogen (secondary N) is 1. The van der Waals surface area contributed by atoms with Crippen molar-refractivity contribution in [1.82, 2.24) is 15.3 Å². The Morgan fingerprint density at radius 1 is 1.38 bits per heavy atom. The van der Waals surface area contributed by atoms with Crippen molar-refractivity contribution in [3.8, 4) is 0 Å². The molecule has 0 spiro atoms. The summed E-state index contributed by atoms with van der Waals surface area (Å²) < 4.78 is 1.03. The highest BCUT2D eigenvalue weighted by atomic mass is 32.1. The molecule has 1 amide bonds. The number of benzene rings is 1. The lowest BCUT2D eigenvalue weighted by atomic mass is 10.1. The molecule has 2 heterocycles. The summed E-state index contributed by atoms with van der Waals surface area (Å²) in [5.74, 6) is -0.176. The molecule has 0 unspecified atom stereocenters. The molecule has 3 rings (SSSR count). The predicted octanol–water partition coefficient (Wildman–Crippen LogP) is 2.51. The number of hydrogen-bond acceptors (Lipinski definition) is 5. The number of fused-ring (bicyclic) bond motifs is 1. The van der Waals surface area contributed by atoms with Gasteiger partial charge in [-0.15, -0.1) is 11.3 Å². The fourth-order valence-electron chi connectivity index (χ4n) is 2.07. The second-order valence-corrected chi connectivity index (χ2v) is 5.78. The summed E-state index contributed by atoms with van der Waals surface area (Å²) in [4.78, 5) is 20.7. The Labute approximate surface area is 125 Å².